The maximum absolute atomic E-state index is 12.8. The van der Waals surface area contributed by atoms with E-state index in [9.17, 15) is 9.90 Å². The van der Waals surface area contributed by atoms with Crippen molar-refractivity contribution in [1.82, 2.24) is 4.98 Å². The Morgan fingerprint density at radius 1 is 1.25 bits per heavy atom. The van der Waals surface area contributed by atoms with Gasteiger partial charge in [-0.3, -0.25) is 10.1 Å². The van der Waals surface area contributed by atoms with Crippen LogP contribution in [0.2, 0.25) is 5.02 Å². The van der Waals surface area contributed by atoms with E-state index in [1.807, 2.05) is 6.92 Å². The molecule has 0 saturated carbocycles. The van der Waals surface area contributed by atoms with Gasteiger partial charge in [-0.15, -0.1) is 11.3 Å². The number of rotatable bonds is 3. The summed E-state index contributed by atoms with van der Waals surface area (Å²) in [4.78, 5) is 21.4. The summed E-state index contributed by atoms with van der Waals surface area (Å²) in [5.74, 6) is -0.330. The number of carbonyl (C=O) groups is 1. The Morgan fingerprint density at radius 2 is 2.11 bits per heavy atom. The molecule has 0 aliphatic heterocycles. The van der Waals surface area contributed by atoms with Gasteiger partial charge in [-0.2, -0.15) is 0 Å². The first kappa shape index (κ1) is 18.2. The van der Waals surface area contributed by atoms with E-state index in [4.69, 9.17) is 16.0 Å². The second-order valence-corrected chi connectivity index (χ2v) is 7.35. The molecule has 0 spiro atoms. The Hall–Kier alpha value is -3.16. The number of thiazole rings is 1. The van der Waals surface area contributed by atoms with Crippen LogP contribution >= 0.6 is 22.9 Å². The number of aromatic hydroxyl groups is 1. The highest BCUT2D eigenvalue weighted by Gasteiger charge is 2.15. The van der Waals surface area contributed by atoms with E-state index in [1.54, 1.807) is 41.9 Å². The molecule has 28 heavy (non-hydrogen) atoms. The summed E-state index contributed by atoms with van der Waals surface area (Å²) in [6.45, 7) is 1.87. The zero-order chi connectivity index (χ0) is 19.7. The molecule has 2 aromatic carbocycles. The second kappa shape index (κ2) is 7.46. The van der Waals surface area contributed by atoms with Gasteiger partial charge in [0.25, 0.3) is 5.91 Å². The number of benzene rings is 2. The van der Waals surface area contributed by atoms with Crippen molar-refractivity contribution in [3.05, 3.63) is 75.7 Å². The minimum atomic E-state index is -0.390. The van der Waals surface area contributed by atoms with Gasteiger partial charge in [0.05, 0.1) is 5.69 Å². The normalized spacial score (nSPS) is 11.7. The summed E-state index contributed by atoms with van der Waals surface area (Å²) in [6, 6.07) is 11.6. The van der Waals surface area contributed by atoms with Gasteiger partial charge in [-0.1, -0.05) is 11.6 Å². The van der Waals surface area contributed by atoms with Crippen LogP contribution in [0, 0.1) is 6.92 Å². The number of aryl methyl sites for hydroxylation is 1. The van der Waals surface area contributed by atoms with Crippen molar-refractivity contribution in [2.24, 2.45) is 4.99 Å². The van der Waals surface area contributed by atoms with E-state index in [0.29, 0.717) is 26.8 Å². The lowest BCUT2D eigenvalue weighted by Crippen LogP contribution is -2.21. The van der Waals surface area contributed by atoms with Crippen LogP contribution < -0.4 is 10.9 Å². The van der Waals surface area contributed by atoms with Crippen LogP contribution in [0.15, 0.2) is 63.5 Å². The maximum atomic E-state index is 12.8. The maximum Gasteiger partial charge on any atom is 0.262 e. The highest BCUT2D eigenvalue weighted by atomic mass is 35.5. The largest absolute Gasteiger partial charge is 0.508 e. The van der Waals surface area contributed by atoms with E-state index in [1.165, 1.54) is 23.5 Å². The molecule has 1 amide bonds. The molecule has 4 rings (SSSR count). The van der Waals surface area contributed by atoms with Gasteiger partial charge in [-0.25, -0.2) is 9.98 Å². The standard InChI is InChI=1S/C20H14ClN3O3S/c1-11-8-13(21)3-5-16(11)23-19-15(18(26)24-20-22-6-7-28-20)9-12-2-4-14(25)10-17(12)27-19/h2-10,25H,1H3,(H,22,24,26). The van der Waals surface area contributed by atoms with Crippen LogP contribution in [0.4, 0.5) is 10.8 Å². The Bertz CT molecular complexity index is 1250. The Labute approximate surface area is 168 Å². The molecule has 0 aliphatic carbocycles. The zero-order valence-electron chi connectivity index (χ0n) is 14.6. The van der Waals surface area contributed by atoms with Crippen LogP contribution in [-0.2, 0) is 0 Å². The van der Waals surface area contributed by atoms with Crippen LogP contribution in [0.1, 0.15) is 15.9 Å². The third kappa shape index (κ3) is 3.76. The lowest BCUT2D eigenvalue weighted by atomic mass is 10.1. The van der Waals surface area contributed by atoms with E-state index in [0.717, 1.165) is 5.56 Å². The molecule has 8 heteroatoms. The van der Waals surface area contributed by atoms with Crippen molar-refractivity contribution in [1.29, 1.82) is 0 Å². The average molecular weight is 412 g/mol. The number of hydrogen-bond donors (Lipinski definition) is 2. The number of phenols is 1. The van der Waals surface area contributed by atoms with Crippen LogP contribution in [0.25, 0.3) is 11.0 Å². The van der Waals surface area contributed by atoms with E-state index in [-0.39, 0.29) is 22.8 Å². The predicted octanol–water partition coefficient (Wildman–Crippen LogP) is 5.04. The average Bonchev–Trinajstić information content (AvgIpc) is 3.16. The lowest BCUT2D eigenvalue weighted by molar-refractivity contribution is 0.102. The smallest absolute Gasteiger partial charge is 0.262 e. The number of halogens is 1. The minimum Gasteiger partial charge on any atom is -0.508 e. The molecule has 140 valence electrons. The van der Waals surface area contributed by atoms with Crippen molar-refractivity contribution in [3.8, 4) is 5.75 Å². The summed E-state index contributed by atoms with van der Waals surface area (Å²) >= 11 is 7.33. The Kier molecular flexibility index (Phi) is 4.85. The summed E-state index contributed by atoms with van der Waals surface area (Å²) < 4.78 is 5.87. The zero-order valence-corrected chi connectivity index (χ0v) is 16.2. The molecule has 0 saturated heterocycles. The fourth-order valence-corrected chi connectivity index (χ4v) is 3.41. The summed E-state index contributed by atoms with van der Waals surface area (Å²) in [5, 5.41) is 16.0. The molecule has 0 radical (unpaired) electrons. The number of nitrogens with zero attached hydrogens (tertiary/aromatic N) is 2. The van der Waals surface area contributed by atoms with E-state index >= 15 is 0 Å². The van der Waals surface area contributed by atoms with Crippen molar-refractivity contribution in [2.45, 2.75) is 6.92 Å². The fraction of sp³-hybridized carbons (Fsp3) is 0.0500. The van der Waals surface area contributed by atoms with Gasteiger partial charge >= 0.3 is 0 Å². The number of phenolic OH excluding ortho intramolecular Hbond substituents is 1. The molecular weight excluding hydrogens is 398 g/mol. The summed E-state index contributed by atoms with van der Waals surface area (Å²) in [6.07, 6.45) is 1.61. The number of fused-ring (bicyclic) bond motifs is 1. The molecule has 0 atom stereocenters. The monoisotopic (exact) mass is 411 g/mol. The molecule has 2 heterocycles. The third-order valence-corrected chi connectivity index (χ3v) is 4.94. The number of nitrogens with one attached hydrogen (secondary N) is 1. The SMILES string of the molecule is Cc1cc(Cl)ccc1N=c1oc2cc(O)ccc2cc1C(=O)Nc1nccs1. The van der Waals surface area contributed by atoms with Gasteiger partial charge in [-0.05, 0) is 48.9 Å². The number of carbonyl (C=O) groups excluding carboxylic acids is 1. The van der Waals surface area contributed by atoms with Gasteiger partial charge in [0.1, 0.15) is 16.9 Å². The van der Waals surface area contributed by atoms with Crippen molar-refractivity contribution in [3.63, 3.8) is 0 Å². The lowest BCUT2D eigenvalue weighted by Gasteiger charge is -2.06. The molecule has 6 nitrogen and oxygen atoms in total. The molecule has 0 fully saturated rings. The first-order valence-electron chi connectivity index (χ1n) is 8.28. The van der Waals surface area contributed by atoms with Gasteiger partial charge in [0.2, 0.25) is 5.55 Å². The molecule has 2 aromatic heterocycles. The highest BCUT2D eigenvalue weighted by molar-refractivity contribution is 7.13. The minimum absolute atomic E-state index is 0.0601. The fourth-order valence-electron chi connectivity index (χ4n) is 2.66. The third-order valence-electron chi connectivity index (χ3n) is 4.01. The Morgan fingerprint density at radius 3 is 2.86 bits per heavy atom. The van der Waals surface area contributed by atoms with Gasteiger partial charge < -0.3 is 9.52 Å². The summed E-state index contributed by atoms with van der Waals surface area (Å²) in [5.41, 5.74) is 2.25. The molecule has 4 aromatic rings. The molecule has 0 bridgehead atoms. The predicted molar refractivity (Wildman–Crippen MR) is 109 cm³/mol. The van der Waals surface area contributed by atoms with Crippen molar-refractivity contribution >= 4 is 50.6 Å². The van der Waals surface area contributed by atoms with Crippen LogP contribution in [0.3, 0.4) is 0 Å². The van der Waals surface area contributed by atoms with Crippen LogP contribution in [-0.4, -0.2) is 16.0 Å². The van der Waals surface area contributed by atoms with Crippen molar-refractivity contribution in [2.75, 3.05) is 5.32 Å². The first-order chi connectivity index (χ1) is 13.5. The molecular formula is C20H14ClN3O3S. The highest BCUT2D eigenvalue weighted by Crippen LogP contribution is 2.24. The van der Waals surface area contributed by atoms with E-state index in [2.05, 4.69) is 15.3 Å². The first-order valence-corrected chi connectivity index (χ1v) is 9.54. The molecule has 0 unspecified atom stereocenters. The summed E-state index contributed by atoms with van der Waals surface area (Å²) in [7, 11) is 0. The number of anilines is 1. The quantitative estimate of drug-likeness (QED) is 0.494. The number of hydrogen-bond acceptors (Lipinski definition) is 6. The topological polar surface area (TPSA) is 87.7 Å². The van der Waals surface area contributed by atoms with Crippen molar-refractivity contribution < 1.29 is 14.3 Å². The van der Waals surface area contributed by atoms with Gasteiger partial charge in [0.15, 0.2) is 5.13 Å². The van der Waals surface area contributed by atoms with E-state index < -0.39 is 0 Å². The molecule has 0 aliphatic rings. The van der Waals surface area contributed by atoms with Gasteiger partial charge in [0, 0.05) is 28.1 Å². The van der Waals surface area contributed by atoms with Crippen LogP contribution in [0.5, 0.6) is 5.75 Å². The second-order valence-electron chi connectivity index (χ2n) is 6.02. The Balaban J connectivity index is 1.90. The number of amides is 1. The molecule has 2 N–H and O–H groups in total. The number of aromatic nitrogens is 1.